The molecule has 0 radical (unpaired) electrons. The molecule has 0 aliphatic rings. The molecule has 1 amide bonds. The minimum atomic E-state index is -3.71. The summed E-state index contributed by atoms with van der Waals surface area (Å²) >= 11 is -2.37. The van der Waals surface area contributed by atoms with E-state index in [0.29, 0.717) is 16.9 Å². The summed E-state index contributed by atoms with van der Waals surface area (Å²) in [7, 11) is -3.71. The molecule has 1 atom stereocenters. The average molecular weight is 486 g/mol. The van der Waals surface area contributed by atoms with Gasteiger partial charge in [-0.2, -0.15) is 4.21 Å². The van der Waals surface area contributed by atoms with Gasteiger partial charge in [0.2, 0.25) is 9.84 Å². The molecule has 170 valence electrons. The lowest BCUT2D eigenvalue weighted by Gasteiger charge is -2.08. The Bertz CT molecular complexity index is 1440. The molecular weight excluding hydrogens is 466 g/mol. The molecule has 4 aromatic rings. The Morgan fingerprint density at radius 2 is 1.70 bits per heavy atom. The number of sulfone groups is 1. The summed E-state index contributed by atoms with van der Waals surface area (Å²) in [5.74, 6) is -0.436. The molecule has 1 unspecified atom stereocenters. The number of aromatic amines is 1. The first-order valence-corrected chi connectivity index (χ1v) is 12.2. The fourth-order valence-electron chi connectivity index (χ4n) is 3.20. The van der Waals surface area contributed by atoms with Crippen molar-refractivity contribution in [1.82, 2.24) is 4.98 Å². The van der Waals surface area contributed by atoms with Crippen LogP contribution in [0.3, 0.4) is 0 Å². The van der Waals surface area contributed by atoms with Gasteiger partial charge in [-0.05, 0) is 48.5 Å². The summed E-state index contributed by atoms with van der Waals surface area (Å²) in [6.07, 6.45) is 0. The van der Waals surface area contributed by atoms with Crippen LogP contribution in [0, 0.1) is 0 Å². The van der Waals surface area contributed by atoms with Crippen molar-refractivity contribution in [1.29, 1.82) is 0 Å². The number of carbonyl (C=O) groups is 1. The van der Waals surface area contributed by atoms with Crippen LogP contribution in [0.2, 0.25) is 0 Å². The number of fused-ring (bicyclic) bond motifs is 1. The van der Waals surface area contributed by atoms with E-state index in [-0.39, 0.29) is 22.2 Å². The molecule has 1 aromatic heterocycles. The SMILES string of the molecule is O=C(Nc1cccc(S(=O)(=O)c2ccccc2)c1)c1cc2ccc(NCOS(=O)O)cc2[nH]1. The van der Waals surface area contributed by atoms with Crippen LogP contribution in [0.15, 0.2) is 88.7 Å². The van der Waals surface area contributed by atoms with Gasteiger partial charge in [-0.1, -0.05) is 30.3 Å². The number of carbonyl (C=O) groups excluding carboxylic acids is 1. The first-order valence-electron chi connectivity index (χ1n) is 9.65. The lowest BCUT2D eigenvalue weighted by molar-refractivity contribution is 0.102. The van der Waals surface area contributed by atoms with E-state index in [1.165, 1.54) is 24.3 Å². The fraction of sp³-hybridized carbons (Fsp3) is 0.0455. The Balaban J connectivity index is 1.51. The number of benzene rings is 3. The van der Waals surface area contributed by atoms with E-state index in [2.05, 4.69) is 19.8 Å². The van der Waals surface area contributed by atoms with Crippen LogP contribution in [0.1, 0.15) is 10.5 Å². The van der Waals surface area contributed by atoms with Gasteiger partial charge in [0.05, 0.1) is 9.79 Å². The topological polar surface area (TPSA) is 138 Å². The van der Waals surface area contributed by atoms with Gasteiger partial charge in [0.25, 0.3) is 5.91 Å². The van der Waals surface area contributed by atoms with E-state index in [9.17, 15) is 17.4 Å². The Kier molecular flexibility index (Phi) is 6.56. The van der Waals surface area contributed by atoms with Gasteiger partial charge >= 0.3 is 11.4 Å². The molecule has 33 heavy (non-hydrogen) atoms. The third-order valence-electron chi connectivity index (χ3n) is 4.76. The van der Waals surface area contributed by atoms with Crippen LogP contribution in [0.5, 0.6) is 0 Å². The van der Waals surface area contributed by atoms with Crippen LogP contribution >= 0.6 is 0 Å². The summed E-state index contributed by atoms with van der Waals surface area (Å²) in [5, 5.41) is 6.32. The molecule has 4 N–H and O–H groups in total. The fourth-order valence-corrected chi connectivity index (χ4v) is 4.68. The summed E-state index contributed by atoms with van der Waals surface area (Å²) < 4.78 is 49.4. The normalized spacial score (nSPS) is 12.4. The van der Waals surface area contributed by atoms with Crippen molar-refractivity contribution in [3.05, 3.63) is 84.6 Å². The second-order valence-corrected chi connectivity index (χ2v) is 9.56. The monoisotopic (exact) mass is 485 g/mol. The number of hydrogen-bond donors (Lipinski definition) is 4. The van der Waals surface area contributed by atoms with Crippen molar-refractivity contribution in [2.45, 2.75) is 9.79 Å². The number of hydrogen-bond acceptors (Lipinski definition) is 6. The molecule has 0 bridgehead atoms. The molecule has 1 heterocycles. The maximum Gasteiger partial charge on any atom is 0.303 e. The predicted octanol–water partition coefficient (Wildman–Crippen LogP) is 3.78. The highest BCUT2D eigenvalue weighted by Crippen LogP contribution is 2.24. The van der Waals surface area contributed by atoms with Crippen molar-refractivity contribution < 1.29 is 26.2 Å². The number of aromatic nitrogens is 1. The standard InChI is InChI=1S/C22H19N3O6S2/c26-22(21-11-15-9-10-16(13-20(15)25-21)23-14-31-32(27)28)24-17-5-4-8-19(12-17)33(29,30)18-6-2-1-3-7-18/h1-13,23,25H,14H2,(H,24,26)(H,27,28). The van der Waals surface area contributed by atoms with Crippen molar-refractivity contribution >= 4 is 49.4 Å². The van der Waals surface area contributed by atoms with E-state index in [1.807, 2.05) is 0 Å². The van der Waals surface area contributed by atoms with Crippen LogP contribution in [0.25, 0.3) is 10.9 Å². The molecule has 0 spiro atoms. The van der Waals surface area contributed by atoms with Crippen molar-refractivity contribution in [3.8, 4) is 0 Å². The smallest absolute Gasteiger partial charge is 0.303 e. The maximum atomic E-state index is 12.8. The Morgan fingerprint density at radius 1 is 0.939 bits per heavy atom. The second kappa shape index (κ2) is 9.55. The predicted molar refractivity (Wildman–Crippen MR) is 125 cm³/mol. The summed E-state index contributed by atoms with van der Waals surface area (Å²) in [6, 6.07) is 21.0. The Morgan fingerprint density at radius 3 is 2.45 bits per heavy atom. The number of rotatable bonds is 8. The lowest BCUT2D eigenvalue weighted by Crippen LogP contribution is -2.12. The molecule has 0 aliphatic heterocycles. The number of H-pyrrole nitrogens is 1. The van der Waals surface area contributed by atoms with Crippen molar-refractivity contribution in [2.75, 3.05) is 17.4 Å². The Labute approximate surface area is 192 Å². The van der Waals surface area contributed by atoms with Crippen LogP contribution in [-0.2, 0) is 25.4 Å². The highest BCUT2D eigenvalue weighted by molar-refractivity contribution is 7.91. The van der Waals surface area contributed by atoms with Crippen LogP contribution < -0.4 is 10.6 Å². The van der Waals surface area contributed by atoms with Gasteiger partial charge in [0.1, 0.15) is 12.4 Å². The van der Waals surface area contributed by atoms with Gasteiger partial charge < -0.3 is 15.6 Å². The first kappa shape index (κ1) is 22.7. The summed E-state index contributed by atoms with van der Waals surface area (Å²) in [5.41, 5.74) is 1.91. The van der Waals surface area contributed by atoms with E-state index in [1.54, 1.807) is 54.6 Å². The van der Waals surface area contributed by atoms with Gasteiger partial charge in [-0.15, -0.1) is 0 Å². The number of anilines is 2. The minimum absolute atomic E-state index is 0.0740. The third kappa shape index (κ3) is 5.29. The molecule has 0 aliphatic carbocycles. The molecule has 11 heteroatoms. The molecule has 9 nitrogen and oxygen atoms in total. The van der Waals surface area contributed by atoms with Crippen LogP contribution in [-0.4, -0.2) is 34.8 Å². The highest BCUT2D eigenvalue weighted by atomic mass is 32.2. The molecule has 4 rings (SSSR count). The second-order valence-electron chi connectivity index (χ2n) is 6.94. The third-order valence-corrected chi connectivity index (χ3v) is 6.85. The largest absolute Gasteiger partial charge is 0.362 e. The number of nitrogens with one attached hydrogen (secondary N) is 3. The Hall–Kier alpha value is -3.51. The zero-order valence-electron chi connectivity index (χ0n) is 17.0. The maximum absolute atomic E-state index is 12.8. The van der Waals surface area contributed by atoms with Crippen molar-refractivity contribution in [3.63, 3.8) is 0 Å². The quantitative estimate of drug-likeness (QED) is 0.220. The zero-order chi connectivity index (χ0) is 23.4. The molecule has 0 saturated carbocycles. The van der Waals surface area contributed by atoms with Gasteiger partial charge in [-0.25, -0.2) is 12.6 Å². The summed E-state index contributed by atoms with van der Waals surface area (Å²) in [6.45, 7) is -0.162. The summed E-state index contributed by atoms with van der Waals surface area (Å²) in [4.78, 5) is 16.0. The van der Waals surface area contributed by atoms with E-state index in [4.69, 9.17) is 4.55 Å². The minimum Gasteiger partial charge on any atom is -0.362 e. The van der Waals surface area contributed by atoms with E-state index < -0.39 is 27.1 Å². The van der Waals surface area contributed by atoms with E-state index >= 15 is 0 Å². The van der Waals surface area contributed by atoms with Gasteiger partial charge in [-0.3, -0.25) is 9.35 Å². The van der Waals surface area contributed by atoms with Crippen LogP contribution in [0.4, 0.5) is 11.4 Å². The highest BCUT2D eigenvalue weighted by Gasteiger charge is 2.18. The van der Waals surface area contributed by atoms with Gasteiger partial charge in [0, 0.05) is 22.3 Å². The van der Waals surface area contributed by atoms with Gasteiger partial charge in [0.15, 0.2) is 0 Å². The molecular formula is C22H19N3O6S2. The molecule has 0 saturated heterocycles. The molecule has 0 fully saturated rings. The van der Waals surface area contributed by atoms with Crippen molar-refractivity contribution in [2.24, 2.45) is 0 Å². The first-order chi connectivity index (χ1) is 15.8. The number of amides is 1. The van der Waals surface area contributed by atoms with E-state index in [0.717, 1.165) is 5.39 Å². The average Bonchev–Trinajstić information content (AvgIpc) is 3.23. The zero-order valence-corrected chi connectivity index (χ0v) is 18.7. The lowest BCUT2D eigenvalue weighted by atomic mass is 10.2. The molecule has 3 aromatic carbocycles.